The van der Waals surface area contributed by atoms with E-state index in [9.17, 15) is 4.79 Å². The van der Waals surface area contributed by atoms with Gasteiger partial charge in [0.05, 0.1) is 17.1 Å². The number of amides is 1. The van der Waals surface area contributed by atoms with Crippen molar-refractivity contribution in [3.63, 3.8) is 0 Å². The Labute approximate surface area is 129 Å². The van der Waals surface area contributed by atoms with E-state index in [2.05, 4.69) is 10.3 Å². The predicted octanol–water partition coefficient (Wildman–Crippen LogP) is 3.38. The van der Waals surface area contributed by atoms with Crippen LogP contribution in [0.2, 0.25) is 0 Å². The van der Waals surface area contributed by atoms with Crippen LogP contribution < -0.4 is 5.32 Å². The first-order valence-electron chi connectivity index (χ1n) is 7.58. The highest BCUT2D eigenvalue weighted by Gasteiger charge is 2.15. The Bertz CT molecular complexity index is 631. The smallest absolute Gasteiger partial charge is 0.252 e. The zero-order valence-electron chi connectivity index (χ0n) is 12.0. The summed E-state index contributed by atoms with van der Waals surface area (Å²) in [7, 11) is 0. The molecule has 2 aromatic rings. The highest BCUT2D eigenvalue weighted by Crippen LogP contribution is 2.22. The van der Waals surface area contributed by atoms with Crippen LogP contribution in [0, 0.1) is 5.92 Å². The number of hydrogen-bond acceptors (Lipinski definition) is 2. The second kappa shape index (κ2) is 6.48. The number of fused-ring (bicyclic) bond motifs is 1. The molecule has 1 aliphatic carbocycles. The molecule has 0 aliphatic heterocycles. The van der Waals surface area contributed by atoms with E-state index in [4.69, 9.17) is 11.6 Å². The van der Waals surface area contributed by atoms with Crippen LogP contribution in [0.1, 0.15) is 48.2 Å². The Hall–Kier alpha value is -1.55. The molecular formula is C16H20ClN3O. The van der Waals surface area contributed by atoms with Gasteiger partial charge in [0.1, 0.15) is 5.65 Å². The molecule has 1 amide bonds. The molecule has 21 heavy (non-hydrogen) atoms. The van der Waals surface area contributed by atoms with Crippen LogP contribution in [0.25, 0.3) is 5.65 Å². The van der Waals surface area contributed by atoms with E-state index in [1.54, 1.807) is 0 Å². The standard InChI is InChI=1S/C16H20ClN3O/c17-8-14-11-20-10-13(6-7-15(20)19-14)16(21)18-9-12-4-2-1-3-5-12/h6-7,10-12H,1-5,8-9H2,(H,18,21). The van der Waals surface area contributed by atoms with Gasteiger partial charge in [0, 0.05) is 18.9 Å². The number of aromatic nitrogens is 2. The maximum Gasteiger partial charge on any atom is 0.252 e. The first-order valence-corrected chi connectivity index (χ1v) is 8.11. The van der Waals surface area contributed by atoms with Crippen LogP contribution in [0.5, 0.6) is 0 Å². The normalized spacial score (nSPS) is 16.2. The van der Waals surface area contributed by atoms with E-state index in [0.717, 1.165) is 17.9 Å². The fourth-order valence-electron chi connectivity index (χ4n) is 2.97. The molecule has 0 spiro atoms. The van der Waals surface area contributed by atoms with Crippen LogP contribution >= 0.6 is 11.6 Å². The number of halogens is 1. The summed E-state index contributed by atoms with van der Waals surface area (Å²) in [6.45, 7) is 0.785. The molecule has 3 rings (SSSR count). The first kappa shape index (κ1) is 14.4. The lowest BCUT2D eigenvalue weighted by atomic mass is 9.89. The molecule has 1 N–H and O–H groups in total. The molecule has 1 saturated carbocycles. The Morgan fingerprint density at radius 1 is 1.29 bits per heavy atom. The molecule has 0 aromatic carbocycles. The van der Waals surface area contributed by atoms with Gasteiger partial charge < -0.3 is 9.72 Å². The highest BCUT2D eigenvalue weighted by atomic mass is 35.5. The minimum Gasteiger partial charge on any atom is -0.352 e. The van der Waals surface area contributed by atoms with E-state index in [1.165, 1.54) is 32.1 Å². The van der Waals surface area contributed by atoms with Crippen molar-refractivity contribution in [2.24, 2.45) is 5.92 Å². The molecule has 0 unspecified atom stereocenters. The fourth-order valence-corrected chi connectivity index (χ4v) is 3.10. The van der Waals surface area contributed by atoms with Crippen molar-refractivity contribution >= 4 is 23.2 Å². The number of hydrogen-bond donors (Lipinski definition) is 1. The summed E-state index contributed by atoms with van der Waals surface area (Å²) < 4.78 is 1.85. The van der Waals surface area contributed by atoms with Gasteiger partial charge in [-0.15, -0.1) is 11.6 Å². The third-order valence-electron chi connectivity index (χ3n) is 4.18. The number of imidazole rings is 1. The second-order valence-corrected chi connectivity index (χ2v) is 6.03. The first-order chi connectivity index (χ1) is 10.3. The minimum atomic E-state index is -0.0106. The molecule has 112 valence electrons. The van der Waals surface area contributed by atoms with Crippen molar-refractivity contribution in [2.75, 3.05) is 6.54 Å². The molecule has 5 heteroatoms. The van der Waals surface area contributed by atoms with Gasteiger partial charge >= 0.3 is 0 Å². The Kier molecular flexibility index (Phi) is 4.44. The molecule has 0 bridgehead atoms. The van der Waals surface area contributed by atoms with Gasteiger partial charge in [0.2, 0.25) is 0 Å². The van der Waals surface area contributed by atoms with Crippen LogP contribution in [0.3, 0.4) is 0 Å². The summed E-state index contributed by atoms with van der Waals surface area (Å²) in [4.78, 5) is 16.6. The fraction of sp³-hybridized carbons (Fsp3) is 0.500. The van der Waals surface area contributed by atoms with Gasteiger partial charge in [0.25, 0.3) is 5.91 Å². The summed E-state index contributed by atoms with van der Waals surface area (Å²) in [5.41, 5.74) is 2.29. The molecule has 0 atom stereocenters. The quantitative estimate of drug-likeness (QED) is 0.880. The third kappa shape index (κ3) is 3.38. The molecule has 2 aromatic heterocycles. The van der Waals surface area contributed by atoms with Crippen molar-refractivity contribution in [1.82, 2.24) is 14.7 Å². The summed E-state index contributed by atoms with van der Waals surface area (Å²) in [6.07, 6.45) is 10.1. The van der Waals surface area contributed by atoms with Crippen LogP contribution in [-0.4, -0.2) is 21.8 Å². The van der Waals surface area contributed by atoms with Crippen molar-refractivity contribution in [2.45, 2.75) is 38.0 Å². The Morgan fingerprint density at radius 3 is 2.86 bits per heavy atom. The van der Waals surface area contributed by atoms with Crippen LogP contribution in [0.4, 0.5) is 0 Å². The summed E-state index contributed by atoms with van der Waals surface area (Å²) >= 11 is 5.78. The van der Waals surface area contributed by atoms with Crippen molar-refractivity contribution < 1.29 is 4.79 Å². The van der Waals surface area contributed by atoms with Crippen LogP contribution in [-0.2, 0) is 5.88 Å². The Morgan fingerprint density at radius 2 is 2.10 bits per heavy atom. The van der Waals surface area contributed by atoms with E-state index < -0.39 is 0 Å². The van der Waals surface area contributed by atoms with Gasteiger partial charge in [0.15, 0.2) is 0 Å². The molecule has 0 saturated heterocycles. The number of carbonyl (C=O) groups excluding carboxylic acids is 1. The Balaban J connectivity index is 1.66. The average Bonchev–Trinajstić information content (AvgIpc) is 2.95. The maximum atomic E-state index is 12.2. The highest BCUT2D eigenvalue weighted by molar-refractivity contribution is 6.16. The zero-order valence-corrected chi connectivity index (χ0v) is 12.8. The topological polar surface area (TPSA) is 46.4 Å². The lowest BCUT2D eigenvalue weighted by Gasteiger charge is -2.21. The van der Waals surface area contributed by atoms with E-state index in [1.807, 2.05) is 28.9 Å². The molecule has 0 radical (unpaired) electrons. The lowest BCUT2D eigenvalue weighted by Crippen LogP contribution is -2.30. The SMILES string of the molecule is O=C(NCC1CCCCC1)c1ccc2nc(CCl)cn2c1. The van der Waals surface area contributed by atoms with E-state index in [0.29, 0.717) is 17.4 Å². The summed E-state index contributed by atoms with van der Waals surface area (Å²) in [5, 5.41) is 3.06. The number of rotatable bonds is 4. The van der Waals surface area contributed by atoms with Crippen molar-refractivity contribution in [3.05, 3.63) is 35.8 Å². The molecular weight excluding hydrogens is 286 g/mol. The number of pyridine rings is 1. The lowest BCUT2D eigenvalue weighted by molar-refractivity contribution is 0.0943. The number of alkyl halides is 1. The van der Waals surface area contributed by atoms with Crippen molar-refractivity contribution in [3.8, 4) is 0 Å². The van der Waals surface area contributed by atoms with Crippen LogP contribution in [0.15, 0.2) is 24.5 Å². The molecule has 1 fully saturated rings. The van der Waals surface area contributed by atoms with Gasteiger partial charge in [-0.2, -0.15) is 0 Å². The van der Waals surface area contributed by atoms with E-state index in [-0.39, 0.29) is 5.91 Å². The zero-order chi connectivity index (χ0) is 14.7. The maximum absolute atomic E-state index is 12.2. The molecule has 2 heterocycles. The molecule has 4 nitrogen and oxygen atoms in total. The number of carbonyl (C=O) groups is 1. The minimum absolute atomic E-state index is 0.0106. The van der Waals surface area contributed by atoms with Gasteiger partial charge in [-0.3, -0.25) is 4.79 Å². The number of nitrogens with one attached hydrogen (secondary N) is 1. The van der Waals surface area contributed by atoms with E-state index >= 15 is 0 Å². The predicted molar refractivity (Wildman–Crippen MR) is 83.7 cm³/mol. The number of nitrogens with zero attached hydrogens (tertiary/aromatic N) is 2. The van der Waals surface area contributed by atoms with Gasteiger partial charge in [-0.05, 0) is 30.9 Å². The summed E-state index contributed by atoms with van der Waals surface area (Å²) in [5.74, 6) is 1.01. The van der Waals surface area contributed by atoms with Crippen molar-refractivity contribution in [1.29, 1.82) is 0 Å². The monoisotopic (exact) mass is 305 g/mol. The third-order valence-corrected chi connectivity index (χ3v) is 4.45. The molecule has 1 aliphatic rings. The summed E-state index contributed by atoms with van der Waals surface area (Å²) in [6, 6.07) is 3.67. The largest absolute Gasteiger partial charge is 0.352 e. The van der Waals surface area contributed by atoms with Gasteiger partial charge in [-0.25, -0.2) is 4.98 Å². The van der Waals surface area contributed by atoms with Gasteiger partial charge in [-0.1, -0.05) is 19.3 Å². The second-order valence-electron chi connectivity index (χ2n) is 5.76. The average molecular weight is 306 g/mol.